The summed E-state index contributed by atoms with van der Waals surface area (Å²) in [6.07, 6.45) is 0. The highest BCUT2D eigenvalue weighted by molar-refractivity contribution is 7.89. The second-order valence-corrected chi connectivity index (χ2v) is 8.36. The first-order valence-electron chi connectivity index (χ1n) is 7.40. The molecular formula is C17H16ClN3O2S2. The lowest BCUT2D eigenvalue weighted by Crippen LogP contribution is -2.19. The molecule has 1 N–H and O–H groups in total. The number of thiazole rings is 1. The van der Waals surface area contributed by atoms with Gasteiger partial charge >= 0.3 is 0 Å². The fourth-order valence-corrected chi connectivity index (χ4v) is 4.50. The van der Waals surface area contributed by atoms with Crippen LogP contribution < -0.4 is 9.52 Å². The second-order valence-electron chi connectivity index (χ2n) is 5.26. The highest BCUT2D eigenvalue weighted by atomic mass is 35.5. The summed E-state index contributed by atoms with van der Waals surface area (Å²) in [7, 11) is -0.367. The summed E-state index contributed by atoms with van der Waals surface area (Å²) >= 11 is 7.54. The van der Waals surface area contributed by atoms with Crippen molar-refractivity contribution in [2.75, 3.05) is 7.05 Å². The summed E-state index contributed by atoms with van der Waals surface area (Å²) < 4.78 is 28.5. The summed E-state index contributed by atoms with van der Waals surface area (Å²) in [5.74, 6) is 0. The fourth-order valence-electron chi connectivity index (χ4n) is 2.32. The van der Waals surface area contributed by atoms with Crippen LogP contribution >= 0.6 is 22.9 Å². The Bertz CT molecular complexity index is 1070. The van der Waals surface area contributed by atoms with E-state index in [1.165, 1.54) is 18.4 Å². The number of aromatic nitrogens is 1. The molecule has 3 aromatic rings. The lowest BCUT2D eigenvalue weighted by atomic mass is 10.2. The van der Waals surface area contributed by atoms with Crippen molar-refractivity contribution in [3.8, 4) is 11.3 Å². The lowest BCUT2D eigenvalue weighted by molar-refractivity contribution is 0.588. The van der Waals surface area contributed by atoms with Crippen LogP contribution in [0, 0.1) is 0 Å². The van der Waals surface area contributed by atoms with Gasteiger partial charge in [-0.3, -0.25) is 0 Å². The van der Waals surface area contributed by atoms with Crippen molar-refractivity contribution in [1.82, 2.24) is 9.29 Å². The van der Waals surface area contributed by atoms with E-state index in [1.807, 2.05) is 47.3 Å². The van der Waals surface area contributed by atoms with Gasteiger partial charge in [0.2, 0.25) is 10.0 Å². The molecule has 5 nitrogen and oxygen atoms in total. The number of nitrogens with one attached hydrogen (secondary N) is 1. The Morgan fingerprint density at radius 3 is 2.56 bits per heavy atom. The number of benzene rings is 2. The molecule has 0 saturated heterocycles. The Morgan fingerprint density at radius 2 is 1.88 bits per heavy atom. The fraction of sp³-hybridized carbons (Fsp3) is 0.118. The molecule has 0 aliphatic heterocycles. The van der Waals surface area contributed by atoms with Crippen molar-refractivity contribution < 1.29 is 8.42 Å². The Hall–Kier alpha value is -1.93. The van der Waals surface area contributed by atoms with E-state index >= 15 is 0 Å². The number of halogens is 1. The lowest BCUT2D eigenvalue weighted by Gasteiger charge is -2.08. The van der Waals surface area contributed by atoms with Crippen LogP contribution in [0.1, 0.15) is 0 Å². The van der Waals surface area contributed by atoms with E-state index < -0.39 is 10.0 Å². The Labute approximate surface area is 155 Å². The van der Waals surface area contributed by atoms with E-state index in [0.717, 1.165) is 21.7 Å². The van der Waals surface area contributed by atoms with Crippen molar-refractivity contribution >= 4 is 38.6 Å². The number of hydrogen-bond acceptors (Lipinski definition) is 4. The topological polar surface area (TPSA) is 63.5 Å². The van der Waals surface area contributed by atoms with Gasteiger partial charge < -0.3 is 4.57 Å². The monoisotopic (exact) mass is 393 g/mol. The van der Waals surface area contributed by atoms with Gasteiger partial charge in [-0.05, 0) is 31.3 Å². The maximum atomic E-state index is 12.1. The normalized spacial score (nSPS) is 12.5. The molecule has 0 aliphatic carbocycles. The van der Waals surface area contributed by atoms with Crippen molar-refractivity contribution in [3.63, 3.8) is 0 Å². The molecule has 0 saturated carbocycles. The van der Waals surface area contributed by atoms with E-state index in [1.54, 1.807) is 18.2 Å². The van der Waals surface area contributed by atoms with Crippen LogP contribution in [-0.4, -0.2) is 20.0 Å². The minimum atomic E-state index is -3.63. The van der Waals surface area contributed by atoms with Gasteiger partial charge in [0.15, 0.2) is 4.80 Å². The van der Waals surface area contributed by atoms with Gasteiger partial charge in [0.25, 0.3) is 0 Å². The molecule has 2 aromatic carbocycles. The van der Waals surface area contributed by atoms with Crippen LogP contribution in [0.5, 0.6) is 0 Å². The van der Waals surface area contributed by atoms with Crippen LogP contribution in [0.15, 0.2) is 63.8 Å². The van der Waals surface area contributed by atoms with E-state index in [2.05, 4.69) is 9.71 Å². The van der Waals surface area contributed by atoms with Gasteiger partial charge in [-0.15, -0.1) is 11.3 Å². The summed E-state index contributed by atoms with van der Waals surface area (Å²) in [5, 5.41) is 2.13. The average Bonchev–Trinajstić information content (AvgIpc) is 2.97. The average molecular weight is 394 g/mol. The van der Waals surface area contributed by atoms with Gasteiger partial charge in [-0.1, -0.05) is 35.9 Å². The summed E-state index contributed by atoms with van der Waals surface area (Å²) in [5.41, 5.74) is 2.48. The summed E-state index contributed by atoms with van der Waals surface area (Å²) in [4.78, 5) is 5.49. The van der Waals surface area contributed by atoms with Gasteiger partial charge in [0.05, 0.1) is 16.4 Å². The molecule has 130 valence electrons. The van der Waals surface area contributed by atoms with Gasteiger partial charge in [-0.2, -0.15) is 0 Å². The van der Waals surface area contributed by atoms with Gasteiger partial charge in [0.1, 0.15) is 4.90 Å². The molecule has 1 aromatic heterocycles. The molecule has 0 aliphatic rings. The summed E-state index contributed by atoms with van der Waals surface area (Å²) in [6.45, 7) is 0. The first-order chi connectivity index (χ1) is 11.9. The zero-order valence-electron chi connectivity index (χ0n) is 13.6. The zero-order valence-corrected chi connectivity index (χ0v) is 16.0. The first kappa shape index (κ1) is 17.9. The van der Waals surface area contributed by atoms with Crippen molar-refractivity contribution in [1.29, 1.82) is 0 Å². The number of hydrogen-bond donors (Lipinski definition) is 1. The zero-order chi connectivity index (χ0) is 18.0. The van der Waals surface area contributed by atoms with E-state index in [-0.39, 0.29) is 9.92 Å². The molecular weight excluding hydrogens is 378 g/mol. The van der Waals surface area contributed by atoms with Crippen molar-refractivity contribution in [2.24, 2.45) is 12.0 Å². The van der Waals surface area contributed by atoms with Gasteiger partial charge in [0, 0.05) is 18.0 Å². The predicted molar refractivity (Wildman–Crippen MR) is 102 cm³/mol. The van der Waals surface area contributed by atoms with Crippen LogP contribution in [0.25, 0.3) is 11.3 Å². The quantitative estimate of drug-likeness (QED) is 0.736. The van der Waals surface area contributed by atoms with Crippen LogP contribution in [-0.2, 0) is 17.1 Å². The smallest absolute Gasteiger partial charge is 0.241 e. The minimum absolute atomic E-state index is 0.0573. The van der Waals surface area contributed by atoms with Crippen LogP contribution in [0.4, 0.5) is 5.69 Å². The Balaban J connectivity index is 2.11. The third kappa shape index (κ3) is 3.69. The van der Waals surface area contributed by atoms with E-state index in [4.69, 9.17) is 11.6 Å². The van der Waals surface area contributed by atoms with Gasteiger partial charge in [-0.25, -0.2) is 18.1 Å². The third-order valence-corrected chi connectivity index (χ3v) is 6.50. The molecule has 0 unspecified atom stereocenters. The highest BCUT2D eigenvalue weighted by Gasteiger charge is 2.17. The molecule has 0 atom stereocenters. The molecule has 25 heavy (non-hydrogen) atoms. The van der Waals surface area contributed by atoms with Crippen LogP contribution in [0.2, 0.25) is 5.02 Å². The molecule has 0 bridgehead atoms. The number of para-hydroxylation sites is 1. The Morgan fingerprint density at radius 1 is 1.16 bits per heavy atom. The molecule has 0 radical (unpaired) electrons. The largest absolute Gasteiger partial charge is 0.320 e. The minimum Gasteiger partial charge on any atom is -0.320 e. The van der Waals surface area contributed by atoms with Crippen molar-refractivity contribution in [3.05, 3.63) is 63.7 Å². The molecule has 0 fully saturated rings. The number of rotatable bonds is 4. The second kappa shape index (κ2) is 7.13. The standard InChI is InChI=1S/C17H16ClN3O2S2/c1-19-25(22,23)16-10-12(8-9-14(16)18)15-11-24-17(21(15)2)20-13-6-4-3-5-7-13/h3-11,19H,1-2H3. The van der Waals surface area contributed by atoms with E-state index in [9.17, 15) is 8.42 Å². The predicted octanol–water partition coefficient (Wildman–Crippen LogP) is 3.55. The first-order valence-corrected chi connectivity index (χ1v) is 10.1. The maximum absolute atomic E-state index is 12.1. The molecule has 1 heterocycles. The number of nitrogens with zero attached hydrogens (tertiary/aromatic N) is 2. The molecule has 0 amide bonds. The molecule has 8 heteroatoms. The molecule has 3 rings (SSSR count). The molecule has 0 spiro atoms. The maximum Gasteiger partial charge on any atom is 0.241 e. The van der Waals surface area contributed by atoms with Crippen molar-refractivity contribution in [2.45, 2.75) is 4.90 Å². The Kier molecular flexibility index (Phi) is 5.10. The van der Waals surface area contributed by atoms with E-state index in [0.29, 0.717) is 0 Å². The SMILES string of the molecule is CNS(=O)(=O)c1cc(-c2csc(=Nc3ccccc3)n2C)ccc1Cl. The van der Waals surface area contributed by atoms with Crippen LogP contribution in [0.3, 0.4) is 0 Å². The summed E-state index contributed by atoms with van der Waals surface area (Å²) in [6, 6.07) is 14.6. The number of sulfonamides is 1. The third-order valence-electron chi connectivity index (χ3n) is 3.69. The highest BCUT2D eigenvalue weighted by Crippen LogP contribution is 2.28.